The van der Waals surface area contributed by atoms with Crippen LogP contribution in [0.5, 0.6) is 0 Å². The molecule has 0 bridgehead atoms. The fraction of sp³-hybridized carbons (Fsp3) is 0.455. The van der Waals surface area contributed by atoms with Crippen LogP contribution in [0.2, 0.25) is 0 Å². The molecule has 7 heteroatoms. The molecule has 98 valence electrons. The molecule has 1 N–H and O–H groups in total. The Bertz CT molecular complexity index is 492. The summed E-state index contributed by atoms with van der Waals surface area (Å²) in [7, 11) is 0. The highest BCUT2D eigenvalue weighted by atomic mass is 32.2. The normalized spacial score (nSPS) is 16.4. The van der Waals surface area contributed by atoms with Gasteiger partial charge in [-0.3, -0.25) is 10.1 Å². The van der Waals surface area contributed by atoms with Crippen LogP contribution in [0.25, 0.3) is 0 Å². The fourth-order valence-corrected chi connectivity index (χ4v) is 2.46. The molecule has 0 amide bonds. The highest BCUT2D eigenvalue weighted by Crippen LogP contribution is 2.47. The van der Waals surface area contributed by atoms with Crippen molar-refractivity contribution < 1.29 is 13.7 Å². The van der Waals surface area contributed by atoms with E-state index >= 15 is 0 Å². The van der Waals surface area contributed by atoms with Crippen molar-refractivity contribution in [2.24, 2.45) is 0 Å². The predicted octanol–water partition coefficient (Wildman–Crippen LogP) is 3.18. The Hall–Kier alpha value is -1.37. The van der Waals surface area contributed by atoms with Gasteiger partial charge in [0.2, 0.25) is 5.82 Å². The second-order valence-corrected chi connectivity index (χ2v) is 5.56. The second kappa shape index (κ2) is 4.72. The molecule has 0 aromatic heterocycles. The first-order valence-electron chi connectivity index (χ1n) is 5.40. The number of nitrogens with one attached hydrogen (secondary N) is 1. The summed E-state index contributed by atoms with van der Waals surface area (Å²) in [4.78, 5) is 9.92. The van der Waals surface area contributed by atoms with Gasteiger partial charge in [-0.2, -0.15) is 16.2 Å². The molecule has 0 saturated heterocycles. The van der Waals surface area contributed by atoms with Crippen LogP contribution in [0.15, 0.2) is 12.1 Å². The minimum absolute atomic E-state index is 0.0522. The topological polar surface area (TPSA) is 55.2 Å². The Balaban J connectivity index is 2.23. The third kappa shape index (κ3) is 2.55. The highest BCUT2D eigenvalue weighted by Gasteiger charge is 2.42. The molecule has 18 heavy (non-hydrogen) atoms. The first kappa shape index (κ1) is 13.1. The number of rotatable bonds is 5. The molecule has 1 aliphatic rings. The summed E-state index contributed by atoms with van der Waals surface area (Å²) in [5.41, 5.74) is -0.800. The van der Waals surface area contributed by atoms with Crippen molar-refractivity contribution >= 4 is 23.1 Å². The predicted molar refractivity (Wildman–Crippen MR) is 67.0 cm³/mol. The van der Waals surface area contributed by atoms with Gasteiger partial charge in [0.25, 0.3) is 0 Å². The highest BCUT2D eigenvalue weighted by molar-refractivity contribution is 8.00. The number of hydrogen-bond acceptors (Lipinski definition) is 4. The summed E-state index contributed by atoms with van der Waals surface area (Å²) in [6.07, 6.45) is 3.97. The molecule has 0 aliphatic heterocycles. The summed E-state index contributed by atoms with van der Waals surface area (Å²) in [6.45, 7) is 0.470. The monoisotopic (exact) mass is 274 g/mol. The van der Waals surface area contributed by atoms with Gasteiger partial charge in [0.05, 0.1) is 4.92 Å². The van der Waals surface area contributed by atoms with E-state index in [9.17, 15) is 18.9 Å². The van der Waals surface area contributed by atoms with Crippen LogP contribution in [0.4, 0.5) is 20.2 Å². The van der Waals surface area contributed by atoms with E-state index in [0.717, 1.165) is 18.9 Å². The van der Waals surface area contributed by atoms with Crippen LogP contribution < -0.4 is 5.32 Å². The van der Waals surface area contributed by atoms with E-state index in [-0.39, 0.29) is 10.4 Å². The van der Waals surface area contributed by atoms with Crippen LogP contribution in [0.1, 0.15) is 12.8 Å². The quantitative estimate of drug-likeness (QED) is 0.662. The van der Waals surface area contributed by atoms with Crippen LogP contribution in [-0.2, 0) is 0 Å². The van der Waals surface area contributed by atoms with Gasteiger partial charge in [-0.15, -0.1) is 0 Å². The maximum absolute atomic E-state index is 13.4. The molecule has 0 unspecified atom stereocenters. The number of nitro groups is 1. The largest absolute Gasteiger partial charge is 0.378 e. The number of hydrogen-bond donors (Lipinski definition) is 1. The summed E-state index contributed by atoms with van der Waals surface area (Å²) in [5.74, 6) is -1.98. The molecule has 1 aromatic rings. The van der Waals surface area contributed by atoms with Crippen molar-refractivity contribution in [2.45, 2.75) is 17.6 Å². The number of nitrogens with zero attached hydrogens (tertiary/aromatic N) is 1. The van der Waals surface area contributed by atoms with E-state index < -0.39 is 22.2 Å². The standard InChI is InChI=1S/C11H12F2N2O2S/c1-18-11(2-3-11)6-14-9-5-7(12)4-8(13)10(9)15(16)17/h4-5,14H,2-3,6H2,1H3. The van der Waals surface area contributed by atoms with Gasteiger partial charge < -0.3 is 5.32 Å². The average molecular weight is 274 g/mol. The zero-order valence-electron chi connectivity index (χ0n) is 9.70. The third-order valence-corrected chi connectivity index (χ3v) is 4.47. The minimum Gasteiger partial charge on any atom is -0.378 e. The summed E-state index contributed by atoms with van der Waals surface area (Å²) in [5, 5.41) is 13.5. The molecule has 1 aliphatic carbocycles. The number of thioether (sulfide) groups is 1. The summed E-state index contributed by atoms with van der Waals surface area (Å²) in [6, 6.07) is 1.47. The molecular formula is C11H12F2N2O2S. The number of halogens is 2. The van der Waals surface area contributed by atoms with Gasteiger partial charge in [0.15, 0.2) is 0 Å². The molecule has 1 aromatic carbocycles. The van der Waals surface area contributed by atoms with Crippen LogP contribution in [0.3, 0.4) is 0 Å². The summed E-state index contributed by atoms with van der Waals surface area (Å²) >= 11 is 1.66. The number of anilines is 1. The van der Waals surface area contributed by atoms with Crippen molar-refractivity contribution in [3.05, 3.63) is 33.9 Å². The van der Waals surface area contributed by atoms with E-state index in [1.54, 1.807) is 11.8 Å². The van der Waals surface area contributed by atoms with E-state index in [2.05, 4.69) is 5.32 Å². The van der Waals surface area contributed by atoms with Crippen LogP contribution in [0, 0.1) is 21.7 Å². The lowest BCUT2D eigenvalue weighted by molar-refractivity contribution is -0.386. The first-order valence-corrected chi connectivity index (χ1v) is 6.62. The lowest BCUT2D eigenvalue weighted by Gasteiger charge is -2.14. The van der Waals surface area contributed by atoms with E-state index in [0.29, 0.717) is 12.6 Å². The van der Waals surface area contributed by atoms with Crippen LogP contribution in [-0.4, -0.2) is 22.5 Å². The summed E-state index contributed by atoms with van der Waals surface area (Å²) < 4.78 is 26.5. The SMILES string of the molecule is CSC1(CNc2cc(F)cc(F)c2[N+](=O)[O-])CC1. The molecule has 2 rings (SSSR count). The maximum atomic E-state index is 13.4. The fourth-order valence-electron chi connectivity index (χ4n) is 1.74. The molecule has 1 saturated carbocycles. The van der Waals surface area contributed by atoms with Crippen molar-refractivity contribution in [1.82, 2.24) is 0 Å². The number of nitro benzene ring substituents is 1. The molecular weight excluding hydrogens is 262 g/mol. The first-order chi connectivity index (χ1) is 8.47. The van der Waals surface area contributed by atoms with Crippen molar-refractivity contribution in [3.63, 3.8) is 0 Å². The molecule has 4 nitrogen and oxygen atoms in total. The lowest BCUT2D eigenvalue weighted by atomic mass is 10.2. The lowest BCUT2D eigenvalue weighted by Crippen LogP contribution is -2.18. The average Bonchev–Trinajstić information content (AvgIpc) is 3.05. The maximum Gasteiger partial charge on any atom is 0.327 e. The van der Waals surface area contributed by atoms with Gasteiger partial charge in [0, 0.05) is 23.4 Å². The Morgan fingerprint density at radius 2 is 2.17 bits per heavy atom. The Labute approximate surface area is 107 Å². The second-order valence-electron chi connectivity index (χ2n) is 4.28. The van der Waals surface area contributed by atoms with Gasteiger partial charge >= 0.3 is 5.69 Å². The molecule has 0 heterocycles. The molecule has 0 radical (unpaired) electrons. The van der Waals surface area contributed by atoms with E-state index in [1.807, 2.05) is 6.26 Å². The van der Waals surface area contributed by atoms with E-state index in [1.165, 1.54) is 0 Å². The molecule has 1 fully saturated rings. The Morgan fingerprint density at radius 3 is 2.67 bits per heavy atom. The Morgan fingerprint density at radius 1 is 1.50 bits per heavy atom. The van der Waals surface area contributed by atoms with Crippen molar-refractivity contribution in [2.75, 3.05) is 18.1 Å². The molecule has 0 spiro atoms. The van der Waals surface area contributed by atoms with Gasteiger partial charge in [-0.05, 0) is 19.1 Å². The third-order valence-electron chi connectivity index (χ3n) is 3.05. The van der Waals surface area contributed by atoms with Crippen LogP contribution >= 0.6 is 11.8 Å². The smallest absolute Gasteiger partial charge is 0.327 e. The van der Waals surface area contributed by atoms with Crippen molar-refractivity contribution in [1.29, 1.82) is 0 Å². The Kier molecular flexibility index (Phi) is 3.43. The molecule has 0 atom stereocenters. The van der Waals surface area contributed by atoms with Gasteiger partial charge in [-0.25, -0.2) is 4.39 Å². The van der Waals surface area contributed by atoms with Gasteiger partial charge in [-0.1, -0.05) is 0 Å². The zero-order valence-corrected chi connectivity index (χ0v) is 10.5. The van der Waals surface area contributed by atoms with Crippen molar-refractivity contribution in [3.8, 4) is 0 Å². The zero-order chi connectivity index (χ0) is 13.3. The number of benzene rings is 1. The van der Waals surface area contributed by atoms with Gasteiger partial charge in [0.1, 0.15) is 11.5 Å². The van der Waals surface area contributed by atoms with E-state index in [4.69, 9.17) is 0 Å². The minimum atomic E-state index is -1.16.